The third kappa shape index (κ3) is 13.8. The van der Waals surface area contributed by atoms with Gasteiger partial charge in [-0.05, 0) is 51.1 Å². The lowest BCUT2D eigenvalue weighted by molar-refractivity contribution is -0.406. The normalized spacial score (nSPS) is 18.5. The van der Waals surface area contributed by atoms with Crippen molar-refractivity contribution < 1.29 is 62.8 Å². The Bertz CT molecular complexity index is 670. The summed E-state index contributed by atoms with van der Waals surface area (Å²) in [6.45, 7) is 2.41. The Morgan fingerprint density at radius 1 is 0.886 bits per heavy atom. The molecular weight excluding hydrogens is 541 g/mol. The molecule has 0 rings (SSSR count). The summed E-state index contributed by atoms with van der Waals surface area (Å²) >= 11 is 0. The van der Waals surface area contributed by atoms with Crippen LogP contribution in [-0.2, 0) is 13.6 Å². The van der Waals surface area contributed by atoms with Gasteiger partial charge in [-0.3, -0.25) is 9.53 Å². The third-order valence-corrected chi connectivity index (χ3v) is 10.3. The number of nitrogens with one attached hydrogen (secondary N) is 2. The molecule has 0 spiro atoms. The number of rotatable bonds is 16. The molecule has 0 aromatic heterocycles. The molecule has 6 N–H and O–H groups in total. The van der Waals surface area contributed by atoms with Gasteiger partial charge in [-0.1, -0.05) is 0 Å². The molecule has 0 saturated heterocycles. The SMILES string of the molecule is C[Si](O)(CCCN)O[Si](C)(O)CCCNCCNC(=O)C(F)(OC(F)(F)CC(F)(F)F)C(F)(F)F. The van der Waals surface area contributed by atoms with Crippen LogP contribution in [-0.4, -0.2) is 83.1 Å². The number of carbonyl (C=O) groups excluding carboxylic acids is 1. The van der Waals surface area contributed by atoms with Gasteiger partial charge in [0.05, 0.1) is 0 Å². The van der Waals surface area contributed by atoms with E-state index >= 15 is 0 Å². The van der Waals surface area contributed by atoms with Crippen LogP contribution in [0.5, 0.6) is 0 Å². The number of carbonyl (C=O) groups is 1. The summed E-state index contributed by atoms with van der Waals surface area (Å²) in [5.41, 5.74) is 5.36. The second-order valence-electron chi connectivity index (χ2n) is 8.08. The number of amides is 1. The molecule has 0 radical (unpaired) electrons. The molecule has 8 nitrogen and oxygen atoms in total. The summed E-state index contributed by atoms with van der Waals surface area (Å²) in [7, 11) is -6.35. The van der Waals surface area contributed by atoms with Crippen LogP contribution in [0.25, 0.3) is 0 Å². The molecule has 210 valence electrons. The van der Waals surface area contributed by atoms with Crippen LogP contribution in [0.15, 0.2) is 0 Å². The van der Waals surface area contributed by atoms with Crippen molar-refractivity contribution in [2.75, 3.05) is 26.2 Å². The Kier molecular flexibility index (Phi) is 12.7. The maximum atomic E-state index is 14.0. The average Bonchev–Trinajstić information content (AvgIpc) is 2.61. The molecule has 0 aliphatic rings. The second-order valence-corrected chi connectivity index (χ2v) is 14.6. The molecule has 0 saturated carbocycles. The first-order chi connectivity index (χ1) is 15.6. The molecule has 0 heterocycles. The summed E-state index contributed by atoms with van der Waals surface area (Å²) in [5, 5.41) is 3.95. The maximum Gasteiger partial charge on any atom is 0.458 e. The summed E-state index contributed by atoms with van der Waals surface area (Å²) in [5.74, 6) is -8.48. The smallest absolute Gasteiger partial charge is 0.415 e. The number of alkyl halides is 9. The molecule has 0 bridgehead atoms. The van der Waals surface area contributed by atoms with Crippen LogP contribution in [0.2, 0.25) is 25.2 Å². The van der Waals surface area contributed by atoms with E-state index in [1.807, 2.05) is 0 Å². The molecule has 19 heteroatoms. The van der Waals surface area contributed by atoms with E-state index in [0.717, 1.165) is 0 Å². The van der Waals surface area contributed by atoms with E-state index in [1.165, 1.54) is 18.4 Å². The van der Waals surface area contributed by atoms with Gasteiger partial charge in [0, 0.05) is 13.1 Å². The highest BCUT2D eigenvalue weighted by molar-refractivity contribution is 6.78. The van der Waals surface area contributed by atoms with Crippen LogP contribution < -0.4 is 16.4 Å². The Morgan fingerprint density at radius 2 is 1.40 bits per heavy atom. The first kappa shape index (κ1) is 34.0. The Balaban J connectivity index is 4.63. The summed E-state index contributed by atoms with van der Waals surface area (Å²) in [4.78, 5) is 32.1. The van der Waals surface area contributed by atoms with Gasteiger partial charge in [0.25, 0.3) is 5.91 Å². The fourth-order valence-corrected chi connectivity index (χ4v) is 9.06. The van der Waals surface area contributed by atoms with Crippen molar-refractivity contribution in [2.45, 2.75) is 68.8 Å². The van der Waals surface area contributed by atoms with Gasteiger partial charge in [0.15, 0.2) is 0 Å². The zero-order chi connectivity index (χ0) is 27.8. The quantitative estimate of drug-likeness (QED) is 0.109. The first-order valence-electron chi connectivity index (χ1n) is 10.3. The van der Waals surface area contributed by atoms with Crippen LogP contribution >= 0.6 is 0 Å². The predicted octanol–water partition coefficient (Wildman–Crippen LogP) is 2.37. The molecule has 0 fully saturated rings. The van der Waals surface area contributed by atoms with Crippen LogP contribution in [0.4, 0.5) is 39.5 Å². The minimum Gasteiger partial charge on any atom is -0.415 e. The highest BCUT2D eigenvalue weighted by Crippen LogP contribution is 2.42. The Morgan fingerprint density at radius 3 is 1.86 bits per heavy atom. The average molecular weight is 572 g/mol. The van der Waals surface area contributed by atoms with E-state index in [1.54, 1.807) is 0 Å². The Labute approximate surface area is 197 Å². The van der Waals surface area contributed by atoms with Crippen LogP contribution in [0.3, 0.4) is 0 Å². The molecule has 0 aromatic carbocycles. The van der Waals surface area contributed by atoms with Crippen molar-refractivity contribution in [1.29, 1.82) is 0 Å². The van der Waals surface area contributed by atoms with Gasteiger partial charge in [-0.15, -0.1) is 0 Å². The summed E-state index contributed by atoms with van der Waals surface area (Å²) < 4.78 is 123. The molecular formula is C16H30F9N3O5Si2. The largest absolute Gasteiger partial charge is 0.458 e. The van der Waals surface area contributed by atoms with Crippen molar-refractivity contribution in [2.24, 2.45) is 5.73 Å². The third-order valence-electron chi connectivity index (χ3n) is 4.22. The van der Waals surface area contributed by atoms with E-state index < -0.39 is 60.3 Å². The molecule has 0 aliphatic carbocycles. The van der Waals surface area contributed by atoms with Gasteiger partial charge in [-0.25, -0.2) is 0 Å². The van der Waals surface area contributed by atoms with Crippen LogP contribution in [0.1, 0.15) is 19.3 Å². The molecule has 35 heavy (non-hydrogen) atoms. The fourth-order valence-electron chi connectivity index (χ4n) is 2.76. The number of ether oxygens (including phenoxy) is 1. The highest BCUT2D eigenvalue weighted by Gasteiger charge is 2.68. The Hall–Kier alpha value is -0.966. The van der Waals surface area contributed by atoms with Gasteiger partial charge >= 0.3 is 41.4 Å². The minimum absolute atomic E-state index is 0.134. The lowest BCUT2D eigenvalue weighted by atomic mass is 10.2. The predicted molar refractivity (Wildman–Crippen MR) is 109 cm³/mol. The van der Waals surface area contributed by atoms with Gasteiger partial charge in [0.2, 0.25) is 0 Å². The van der Waals surface area contributed by atoms with Crippen molar-refractivity contribution in [3.8, 4) is 0 Å². The lowest BCUT2D eigenvalue weighted by Crippen LogP contribution is -2.59. The standard InChI is InChI=1S/C16H30F9N3O5Si2/c1-34(30,9-3-5-26)33-35(2,31)10-4-6-27-7-8-28-12(29)15(22,16(23,24)25)32-14(20,21)11-13(17,18)19/h27,30-31H,3-11,26H2,1-2H3,(H,28,29). The van der Waals surface area contributed by atoms with Crippen molar-refractivity contribution in [1.82, 2.24) is 10.6 Å². The van der Waals surface area contributed by atoms with E-state index in [4.69, 9.17) is 9.85 Å². The number of hydrogen-bond acceptors (Lipinski definition) is 7. The molecule has 0 aromatic rings. The fraction of sp³-hybridized carbons (Fsp3) is 0.938. The zero-order valence-electron chi connectivity index (χ0n) is 19.0. The van der Waals surface area contributed by atoms with Crippen molar-refractivity contribution in [3.05, 3.63) is 0 Å². The molecule has 3 atom stereocenters. The molecule has 1 amide bonds. The summed E-state index contributed by atoms with van der Waals surface area (Å²) in [6, 6.07) is 0.479. The minimum atomic E-state index is -6.40. The second kappa shape index (κ2) is 13.0. The van der Waals surface area contributed by atoms with Gasteiger partial charge < -0.3 is 30.1 Å². The molecule has 0 aliphatic heterocycles. The van der Waals surface area contributed by atoms with Crippen LogP contribution in [0, 0.1) is 0 Å². The summed E-state index contributed by atoms with van der Waals surface area (Å²) in [6.07, 6.45) is -20.2. The number of hydrogen-bond donors (Lipinski definition) is 5. The van der Waals surface area contributed by atoms with Crippen molar-refractivity contribution >= 4 is 23.0 Å². The number of halogens is 9. The van der Waals surface area contributed by atoms with E-state index in [-0.39, 0.29) is 25.6 Å². The number of nitrogens with two attached hydrogens (primary N) is 1. The van der Waals surface area contributed by atoms with E-state index in [9.17, 15) is 53.9 Å². The first-order valence-corrected chi connectivity index (χ1v) is 15.4. The van der Waals surface area contributed by atoms with Gasteiger partial charge in [-0.2, -0.15) is 39.5 Å². The maximum absolute atomic E-state index is 14.0. The lowest BCUT2D eigenvalue weighted by Gasteiger charge is -2.30. The van der Waals surface area contributed by atoms with Gasteiger partial charge in [0.1, 0.15) is 6.42 Å². The molecule has 3 unspecified atom stereocenters. The van der Waals surface area contributed by atoms with E-state index in [0.29, 0.717) is 19.0 Å². The zero-order valence-corrected chi connectivity index (χ0v) is 21.0. The monoisotopic (exact) mass is 571 g/mol. The van der Waals surface area contributed by atoms with Crippen molar-refractivity contribution in [3.63, 3.8) is 0 Å². The van der Waals surface area contributed by atoms with E-state index in [2.05, 4.69) is 10.1 Å². The highest BCUT2D eigenvalue weighted by atomic mass is 28.5. The topological polar surface area (TPSA) is 126 Å².